The fourth-order valence-corrected chi connectivity index (χ4v) is 1.42. The molecule has 66 valence electrons. The second kappa shape index (κ2) is 2.50. The van der Waals surface area contributed by atoms with Gasteiger partial charge in [-0.05, 0) is 6.42 Å². The van der Waals surface area contributed by atoms with Gasteiger partial charge in [0.1, 0.15) is 12.2 Å². The number of aryl methyl sites for hydroxylation is 1. The Morgan fingerprint density at radius 3 is 3.17 bits per heavy atom. The third kappa shape index (κ3) is 1.31. The molecule has 0 atom stereocenters. The minimum Gasteiger partial charge on any atom is -0.250 e. The Labute approximate surface area is 68.4 Å². The van der Waals surface area contributed by atoms with Crippen LogP contribution < -0.4 is 0 Å². The molecule has 0 aliphatic carbocycles. The molecule has 0 saturated carbocycles. The van der Waals surface area contributed by atoms with Crippen molar-refractivity contribution in [1.82, 2.24) is 14.8 Å². The molecule has 5 heteroatoms. The van der Waals surface area contributed by atoms with Crippen molar-refractivity contribution in [1.29, 1.82) is 0 Å². The maximum atomic E-state index is 12.9. The minimum atomic E-state index is -2.60. The summed E-state index contributed by atoms with van der Waals surface area (Å²) in [4.78, 5) is 3.78. The Bertz CT molecular complexity index is 282. The summed E-state index contributed by atoms with van der Waals surface area (Å²) in [7, 11) is 0. The second-order valence-corrected chi connectivity index (χ2v) is 3.04. The van der Waals surface area contributed by atoms with Gasteiger partial charge in [-0.2, -0.15) is 5.10 Å². The predicted molar refractivity (Wildman–Crippen MR) is 37.9 cm³/mol. The lowest BCUT2D eigenvalue weighted by atomic mass is 10.1. The number of fused-ring (bicyclic) bond motifs is 1. The van der Waals surface area contributed by atoms with Crippen molar-refractivity contribution in [3.63, 3.8) is 0 Å². The minimum absolute atomic E-state index is 0.0575. The fraction of sp³-hybridized carbons (Fsp3) is 0.714. The van der Waals surface area contributed by atoms with Crippen LogP contribution in [-0.2, 0) is 13.0 Å². The van der Waals surface area contributed by atoms with Gasteiger partial charge in [0.25, 0.3) is 5.92 Å². The monoisotopic (exact) mass is 173 g/mol. The molecule has 12 heavy (non-hydrogen) atoms. The standard InChI is InChI=1S/C7H9F2N3/c8-7(9)2-1-3-12-6(4-7)10-5-11-12/h5H,1-4H2. The van der Waals surface area contributed by atoms with Gasteiger partial charge in [-0.25, -0.2) is 18.4 Å². The summed E-state index contributed by atoms with van der Waals surface area (Å²) in [6.07, 6.45) is 1.48. The summed E-state index contributed by atoms with van der Waals surface area (Å²) in [5.41, 5.74) is 0. The summed E-state index contributed by atoms with van der Waals surface area (Å²) >= 11 is 0. The van der Waals surface area contributed by atoms with Crippen molar-refractivity contribution in [3.05, 3.63) is 12.2 Å². The molecule has 0 bridgehead atoms. The maximum absolute atomic E-state index is 12.9. The third-order valence-electron chi connectivity index (χ3n) is 2.02. The quantitative estimate of drug-likeness (QED) is 0.591. The Balaban J connectivity index is 2.30. The first kappa shape index (κ1) is 7.64. The van der Waals surface area contributed by atoms with Crippen LogP contribution in [0.4, 0.5) is 8.78 Å². The number of nitrogens with zero attached hydrogens (tertiary/aromatic N) is 3. The van der Waals surface area contributed by atoms with Crippen LogP contribution in [0.25, 0.3) is 0 Å². The lowest BCUT2D eigenvalue weighted by Crippen LogP contribution is -2.18. The highest BCUT2D eigenvalue weighted by Crippen LogP contribution is 2.27. The van der Waals surface area contributed by atoms with E-state index in [1.54, 1.807) is 4.68 Å². The molecule has 0 unspecified atom stereocenters. The maximum Gasteiger partial charge on any atom is 0.255 e. The van der Waals surface area contributed by atoms with Gasteiger partial charge >= 0.3 is 0 Å². The van der Waals surface area contributed by atoms with E-state index in [9.17, 15) is 8.78 Å². The lowest BCUT2D eigenvalue weighted by molar-refractivity contribution is -0.00725. The zero-order valence-electron chi connectivity index (χ0n) is 6.50. The van der Waals surface area contributed by atoms with Crippen LogP contribution in [0, 0.1) is 0 Å². The molecule has 0 amide bonds. The van der Waals surface area contributed by atoms with E-state index < -0.39 is 5.92 Å². The predicted octanol–water partition coefficient (Wildman–Crippen LogP) is 1.25. The van der Waals surface area contributed by atoms with E-state index in [1.165, 1.54) is 6.33 Å². The number of rotatable bonds is 0. The van der Waals surface area contributed by atoms with E-state index in [1.807, 2.05) is 0 Å². The van der Waals surface area contributed by atoms with Crippen molar-refractivity contribution < 1.29 is 8.78 Å². The zero-order chi connectivity index (χ0) is 8.60. The Morgan fingerprint density at radius 1 is 1.50 bits per heavy atom. The van der Waals surface area contributed by atoms with E-state index in [0.717, 1.165) is 0 Å². The van der Waals surface area contributed by atoms with Crippen LogP contribution in [0.15, 0.2) is 6.33 Å². The first-order chi connectivity index (χ1) is 5.67. The van der Waals surface area contributed by atoms with Crippen molar-refractivity contribution >= 4 is 0 Å². The van der Waals surface area contributed by atoms with Gasteiger partial charge in [-0.3, -0.25) is 0 Å². The summed E-state index contributed by atoms with van der Waals surface area (Å²) < 4.78 is 27.4. The van der Waals surface area contributed by atoms with E-state index in [0.29, 0.717) is 18.8 Å². The molecule has 1 aliphatic rings. The van der Waals surface area contributed by atoms with Gasteiger partial charge in [0, 0.05) is 13.0 Å². The van der Waals surface area contributed by atoms with Gasteiger partial charge in [0.15, 0.2) is 0 Å². The molecule has 0 saturated heterocycles. The molecule has 1 aromatic rings. The number of hydrogen-bond donors (Lipinski definition) is 0. The highest BCUT2D eigenvalue weighted by atomic mass is 19.3. The summed E-state index contributed by atoms with van der Waals surface area (Å²) in [5, 5.41) is 3.85. The zero-order valence-corrected chi connectivity index (χ0v) is 6.50. The molecule has 3 nitrogen and oxygen atoms in total. The highest BCUT2D eigenvalue weighted by Gasteiger charge is 2.33. The summed E-state index contributed by atoms with van der Waals surface area (Å²) in [6.45, 7) is 0.560. The molecule has 0 aromatic carbocycles. The van der Waals surface area contributed by atoms with Crippen molar-refractivity contribution in [2.75, 3.05) is 0 Å². The highest BCUT2D eigenvalue weighted by molar-refractivity contribution is 4.92. The van der Waals surface area contributed by atoms with Crippen LogP contribution in [0.5, 0.6) is 0 Å². The number of halogens is 2. The van der Waals surface area contributed by atoms with E-state index in [4.69, 9.17) is 0 Å². The molecule has 0 fully saturated rings. The number of aromatic nitrogens is 3. The molecule has 1 aliphatic heterocycles. The third-order valence-corrected chi connectivity index (χ3v) is 2.02. The molecular weight excluding hydrogens is 164 g/mol. The van der Waals surface area contributed by atoms with Gasteiger partial charge < -0.3 is 0 Å². The number of hydrogen-bond acceptors (Lipinski definition) is 2. The molecule has 0 N–H and O–H groups in total. The van der Waals surface area contributed by atoms with Crippen LogP contribution in [0.2, 0.25) is 0 Å². The second-order valence-electron chi connectivity index (χ2n) is 3.04. The van der Waals surface area contributed by atoms with Gasteiger partial charge in [-0.1, -0.05) is 0 Å². The number of alkyl halides is 2. The Morgan fingerprint density at radius 2 is 2.33 bits per heavy atom. The van der Waals surface area contributed by atoms with E-state index in [-0.39, 0.29) is 12.8 Å². The largest absolute Gasteiger partial charge is 0.255 e. The van der Waals surface area contributed by atoms with Gasteiger partial charge in [0.2, 0.25) is 0 Å². The van der Waals surface area contributed by atoms with Crippen LogP contribution in [0.3, 0.4) is 0 Å². The van der Waals surface area contributed by atoms with E-state index in [2.05, 4.69) is 10.1 Å². The SMILES string of the molecule is FC1(F)CCCn2ncnc2C1. The van der Waals surface area contributed by atoms with Crippen molar-refractivity contribution in [3.8, 4) is 0 Å². The topological polar surface area (TPSA) is 30.7 Å². The van der Waals surface area contributed by atoms with Crippen LogP contribution in [-0.4, -0.2) is 20.7 Å². The van der Waals surface area contributed by atoms with Crippen molar-refractivity contribution in [2.24, 2.45) is 0 Å². The average Bonchev–Trinajstić information content (AvgIpc) is 2.31. The van der Waals surface area contributed by atoms with Gasteiger partial charge in [-0.15, -0.1) is 0 Å². The van der Waals surface area contributed by atoms with Crippen LogP contribution >= 0.6 is 0 Å². The molecule has 1 aromatic heterocycles. The Kier molecular flexibility index (Phi) is 1.59. The molecular formula is C7H9F2N3. The van der Waals surface area contributed by atoms with Crippen LogP contribution in [0.1, 0.15) is 18.7 Å². The average molecular weight is 173 g/mol. The smallest absolute Gasteiger partial charge is 0.250 e. The molecule has 0 spiro atoms. The first-order valence-electron chi connectivity index (χ1n) is 3.92. The normalized spacial score (nSPS) is 21.5. The van der Waals surface area contributed by atoms with Gasteiger partial charge in [0.05, 0.1) is 6.42 Å². The lowest BCUT2D eigenvalue weighted by Gasteiger charge is -2.10. The van der Waals surface area contributed by atoms with Crippen molar-refractivity contribution in [2.45, 2.75) is 31.7 Å². The summed E-state index contributed by atoms with van der Waals surface area (Å²) in [5.74, 6) is -2.20. The molecule has 2 heterocycles. The van der Waals surface area contributed by atoms with E-state index >= 15 is 0 Å². The fourth-order valence-electron chi connectivity index (χ4n) is 1.42. The molecule has 0 radical (unpaired) electrons. The summed E-state index contributed by atoms with van der Waals surface area (Å²) in [6, 6.07) is 0. The Hall–Kier alpha value is -1.00. The molecule has 2 rings (SSSR count). The first-order valence-corrected chi connectivity index (χ1v) is 3.92.